The fourth-order valence-electron chi connectivity index (χ4n) is 7.82. The Hall–Kier alpha value is -4.25. The number of ether oxygens (including phenoxy) is 2. The van der Waals surface area contributed by atoms with Gasteiger partial charge in [0.1, 0.15) is 23.3 Å². The lowest BCUT2D eigenvalue weighted by atomic mass is 9.77. The number of fused-ring (bicyclic) bond motifs is 1. The van der Waals surface area contributed by atoms with Crippen LogP contribution in [0.2, 0.25) is 0 Å². The van der Waals surface area contributed by atoms with Crippen molar-refractivity contribution in [2.24, 2.45) is 11.8 Å². The summed E-state index contributed by atoms with van der Waals surface area (Å²) in [7, 11) is 0. The molecule has 2 saturated heterocycles. The van der Waals surface area contributed by atoms with Gasteiger partial charge in [-0.3, -0.25) is 24.2 Å². The molecule has 3 aromatic rings. The van der Waals surface area contributed by atoms with E-state index >= 15 is 0 Å². The van der Waals surface area contributed by atoms with E-state index in [2.05, 4.69) is 11.1 Å². The molecule has 1 aromatic heterocycles. The lowest BCUT2D eigenvalue weighted by molar-refractivity contribution is -0.159. The maximum Gasteiger partial charge on any atom is 0.310 e. The van der Waals surface area contributed by atoms with Gasteiger partial charge in [0.05, 0.1) is 36.1 Å². The van der Waals surface area contributed by atoms with Gasteiger partial charge in [0.2, 0.25) is 11.8 Å². The van der Waals surface area contributed by atoms with Gasteiger partial charge in [-0.2, -0.15) is 0 Å². The molecular weight excluding hydrogens is 628 g/mol. The summed E-state index contributed by atoms with van der Waals surface area (Å²) in [5.74, 6) is -0.585. The number of rotatable bonds is 9. The highest BCUT2D eigenvalue weighted by Gasteiger charge is 2.44. The minimum absolute atomic E-state index is 0.0368. The number of hydrogen-bond donors (Lipinski definition) is 0. The standard InChI is InChI=1S/C37H42N4O6S/c42-33-14-7-17-39(33)22-30-34-26(10-6-13-31(34)47-27-16-18-40(21-27)36(44)32-20-38-24-48-32)15-19-41(30)35(43)28-11-4-5-12-29(28)37(45)46-23-25-8-2-1-3-9-25/h1-3,6,8-10,13,20,24,27-30H,4-5,7,11-12,14-19,21-23H2/t27-,28+,29-,30?/m0/s1. The number of carbonyl (C=O) groups excluding carboxylic acids is 4. The number of hydrogen-bond acceptors (Lipinski definition) is 8. The molecule has 252 valence electrons. The molecule has 1 unspecified atom stereocenters. The van der Waals surface area contributed by atoms with E-state index < -0.39 is 17.9 Å². The highest BCUT2D eigenvalue weighted by molar-refractivity contribution is 7.11. The summed E-state index contributed by atoms with van der Waals surface area (Å²) in [5, 5.41) is 0. The van der Waals surface area contributed by atoms with Crippen molar-refractivity contribution in [3.05, 3.63) is 81.8 Å². The van der Waals surface area contributed by atoms with E-state index in [0.29, 0.717) is 75.5 Å². The molecule has 10 nitrogen and oxygen atoms in total. The topological polar surface area (TPSA) is 109 Å². The Morgan fingerprint density at radius 1 is 0.896 bits per heavy atom. The van der Waals surface area contributed by atoms with Gasteiger partial charge in [0.15, 0.2) is 0 Å². The van der Waals surface area contributed by atoms with E-state index in [0.717, 1.165) is 36.0 Å². The molecule has 7 rings (SSSR count). The smallest absolute Gasteiger partial charge is 0.310 e. The third-order valence-electron chi connectivity index (χ3n) is 10.3. The molecule has 0 N–H and O–H groups in total. The number of amides is 3. The SMILES string of the molecule is O=C(OCc1ccccc1)[C@H]1CCCC[C@H]1C(=O)N1CCc2cccc(O[C@H]3CCN(C(=O)c4cncs4)C3)c2C1CN1CCCC1=O. The van der Waals surface area contributed by atoms with Gasteiger partial charge in [0, 0.05) is 44.6 Å². The zero-order valence-electron chi connectivity index (χ0n) is 27.1. The molecular formula is C37H42N4O6S. The Balaban J connectivity index is 1.13. The van der Waals surface area contributed by atoms with Crippen LogP contribution < -0.4 is 4.74 Å². The lowest BCUT2D eigenvalue weighted by Gasteiger charge is -2.43. The fourth-order valence-corrected chi connectivity index (χ4v) is 8.41. The molecule has 4 atom stereocenters. The Kier molecular flexibility index (Phi) is 9.74. The summed E-state index contributed by atoms with van der Waals surface area (Å²) in [6, 6.07) is 15.2. The summed E-state index contributed by atoms with van der Waals surface area (Å²) >= 11 is 1.33. The lowest BCUT2D eigenvalue weighted by Crippen LogP contribution is -2.50. The van der Waals surface area contributed by atoms with Crippen LogP contribution in [0.5, 0.6) is 5.75 Å². The van der Waals surface area contributed by atoms with Gasteiger partial charge in [-0.25, -0.2) is 0 Å². The molecule has 1 saturated carbocycles. The molecule has 3 amide bonds. The Morgan fingerprint density at radius 3 is 2.50 bits per heavy atom. The molecule has 1 aliphatic carbocycles. The first-order valence-corrected chi connectivity index (χ1v) is 18.1. The highest BCUT2D eigenvalue weighted by Crippen LogP contribution is 2.42. The van der Waals surface area contributed by atoms with Gasteiger partial charge in [-0.15, -0.1) is 11.3 Å². The van der Waals surface area contributed by atoms with Crippen molar-refractivity contribution in [2.45, 2.75) is 70.1 Å². The number of thiazole rings is 1. The van der Waals surface area contributed by atoms with E-state index in [-0.39, 0.29) is 36.4 Å². The predicted molar refractivity (Wildman–Crippen MR) is 179 cm³/mol. The predicted octanol–water partition coefficient (Wildman–Crippen LogP) is 5.03. The fraction of sp³-hybridized carbons (Fsp3) is 0.486. The molecule has 11 heteroatoms. The molecule has 4 aliphatic rings. The third kappa shape index (κ3) is 6.83. The van der Waals surface area contributed by atoms with Crippen molar-refractivity contribution >= 4 is 35.0 Å². The van der Waals surface area contributed by atoms with Gasteiger partial charge in [0.25, 0.3) is 5.91 Å². The van der Waals surface area contributed by atoms with Crippen molar-refractivity contribution in [1.29, 1.82) is 0 Å². The van der Waals surface area contributed by atoms with Crippen LogP contribution in [-0.2, 0) is 32.1 Å². The van der Waals surface area contributed by atoms with Crippen LogP contribution in [0.25, 0.3) is 0 Å². The normalized spacial score (nSPS) is 24.0. The molecule has 0 spiro atoms. The first-order valence-electron chi connectivity index (χ1n) is 17.2. The first-order chi connectivity index (χ1) is 23.5. The zero-order valence-corrected chi connectivity index (χ0v) is 27.9. The maximum atomic E-state index is 14.6. The molecule has 0 radical (unpaired) electrons. The van der Waals surface area contributed by atoms with Gasteiger partial charge >= 0.3 is 5.97 Å². The number of aromatic nitrogens is 1. The minimum Gasteiger partial charge on any atom is -0.488 e. The molecule has 3 fully saturated rings. The molecule has 2 aromatic carbocycles. The summed E-state index contributed by atoms with van der Waals surface area (Å²) in [4.78, 5) is 64.3. The molecule has 0 bridgehead atoms. The maximum absolute atomic E-state index is 14.6. The van der Waals surface area contributed by atoms with Crippen LogP contribution in [0.15, 0.2) is 60.2 Å². The second-order valence-electron chi connectivity index (χ2n) is 13.3. The Bertz CT molecular complexity index is 1630. The number of nitrogens with zero attached hydrogens (tertiary/aromatic N) is 4. The van der Waals surface area contributed by atoms with Crippen molar-refractivity contribution in [3.63, 3.8) is 0 Å². The van der Waals surface area contributed by atoms with Gasteiger partial charge in [-0.05, 0) is 42.9 Å². The largest absolute Gasteiger partial charge is 0.488 e. The van der Waals surface area contributed by atoms with Crippen molar-refractivity contribution in [2.75, 3.05) is 32.7 Å². The monoisotopic (exact) mass is 670 g/mol. The zero-order chi connectivity index (χ0) is 33.0. The summed E-state index contributed by atoms with van der Waals surface area (Å²) in [6.45, 7) is 2.79. The van der Waals surface area contributed by atoms with E-state index in [4.69, 9.17) is 9.47 Å². The number of benzene rings is 2. The molecule has 3 aliphatic heterocycles. The number of esters is 1. The van der Waals surface area contributed by atoms with Crippen molar-refractivity contribution < 1.29 is 28.7 Å². The summed E-state index contributed by atoms with van der Waals surface area (Å²) < 4.78 is 12.4. The van der Waals surface area contributed by atoms with Crippen LogP contribution in [0.4, 0.5) is 0 Å². The van der Waals surface area contributed by atoms with E-state index in [1.54, 1.807) is 11.7 Å². The van der Waals surface area contributed by atoms with Crippen LogP contribution >= 0.6 is 11.3 Å². The average Bonchev–Trinajstić information content (AvgIpc) is 3.91. The van der Waals surface area contributed by atoms with E-state index in [9.17, 15) is 19.2 Å². The van der Waals surface area contributed by atoms with E-state index in [1.807, 2.05) is 57.2 Å². The second-order valence-corrected chi connectivity index (χ2v) is 14.2. The summed E-state index contributed by atoms with van der Waals surface area (Å²) in [5.41, 5.74) is 4.61. The van der Waals surface area contributed by atoms with Gasteiger partial charge in [-0.1, -0.05) is 55.3 Å². The van der Waals surface area contributed by atoms with Gasteiger partial charge < -0.3 is 24.2 Å². The number of carbonyl (C=O) groups is 4. The highest BCUT2D eigenvalue weighted by atomic mass is 32.1. The van der Waals surface area contributed by atoms with Crippen molar-refractivity contribution in [1.82, 2.24) is 19.7 Å². The third-order valence-corrected chi connectivity index (χ3v) is 11.1. The quantitative estimate of drug-likeness (QED) is 0.294. The van der Waals surface area contributed by atoms with E-state index in [1.165, 1.54) is 11.3 Å². The van der Waals surface area contributed by atoms with Crippen LogP contribution in [0.1, 0.15) is 77.3 Å². The van der Waals surface area contributed by atoms with Crippen LogP contribution in [0, 0.1) is 11.8 Å². The minimum atomic E-state index is -0.502. The summed E-state index contributed by atoms with van der Waals surface area (Å²) in [6.07, 6.45) is 7.07. The van der Waals surface area contributed by atoms with Crippen LogP contribution in [-0.4, -0.2) is 82.2 Å². The molecule has 48 heavy (non-hydrogen) atoms. The Morgan fingerprint density at radius 2 is 1.73 bits per heavy atom. The van der Waals surface area contributed by atoms with Crippen molar-refractivity contribution in [3.8, 4) is 5.75 Å². The molecule has 4 heterocycles. The second kappa shape index (κ2) is 14.5. The van der Waals surface area contributed by atoms with Crippen LogP contribution in [0.3, 0.4) is 0 Å². The Labute approximate surface area is 285 Å². The first kappa shape index (κ1) is 32.3. The average molecular weight is 671 g/mol. The number of likely N-dealkylation sites (tertiary alicyclic amines) is 2.